The van der Waals surface area contributed by atoms with Gasteiger partial charge >= 0.3 is 0 Å². The monoisotopic (exact) mass is 132 g/mol. The van der Waals surface area contributed by atoms with Gasteiger partial charge in [0.05, 0.1) is 18.6 Å². The van der Waals surface area contributed by atoms with Crippen LogP contribution in [0.15, 0.2) is 0 Å². The molecule has 1 aliphatic rings. The molecule has 32 valence electrons. The van der Waals surface area contributed by atoms with Gasteiger partial charge in [0.15, 0.2) is 0 Å². The third-order valence-corrected chi connectivity index (χ3v) is 0.919. The van der Waals surface area contributed by atoms with Crippen molar-refractivity contribution in [3.63, 3.8) is 0 Å². The van der Waals surface area contributed by atoms with E-state index in [2.05, 4.69) is 0 Å². The minimum atomic E-state index is 0. The second-order valence-electron chi connectivity index (χ2n) is 1.11. The first-order chi connectivity index (χ1) is 2.43. The Balaban J connectivity index is 0.000000250. The van der Waals surface area contributed by atoms with Crippen LogP contribution < -0.4 is 0 Å². The van der Waals surface area contributed by atoms with Gasteiger partial charge in [-0.05, 0) is 0 Å². The molecule has 0 amide bonds. The molecule has 1 rings (SSSR count). The van der Waals surface area contributed by atoms with Gasteiger partial charge in [-0.15, -0.1) is 11.6 Å². The zero-order valence-electron chi connectivity index (χ0n) is 3.48. The molecule has 1 nitrogen and oxygen atoms in total. The van der Waals surface area contributed by atoms with Gasteiger partial charge in [0.1, 0.15) is 0 Å². The van der Waals surface area contributed by atoms with E-state index in [1.165, 1.54) is 0 Å². The van der Waals surface area contributed by atoms with E-state index in [4.69, 9.17) is 16.3 Å². The third-order valence-electron chi connectivity index (χ3n) is 0.574. The average molecular weight is 133 g/mol. The van der Waals surface area contributed by atoms with Crippen molar-refractivity contribution in [3.8, 4) is 0 Å². The van der Waals surface area contributed by atoms with Gasteiger partial charge in [0.2, 0.25) is 0 Å². The number of halogens is 1. The van der Waals surface area contributed by atoms with E-state index in [1.807, 2.05) is 0 Å². The van der Waals surface area contributed by atoms with Crippen LogP contribution in [0.25, 0.3) is 0 Å². The number of alkyl halides is 1. The van der Waals surface area contributed by atoms with E-state index in [9.17, 15) is 0 Å². The van der Waals surface area contributed by atoms with E-state index in [-0.39, 0.29) is 37.7 Å². The molecule has 2 radical (unpaired) electrons. The van der Waals surface area contributed by atoms with Crippen molar-refractivity contribution < 1.29 is 4.74 Å². The summed E-state index contributed by atoms with van der Waals surface area (Å²) in [7, 11) is 0. The standard InChI is InChI=1S/C3H5ClO.Ca/c4-1-3-2-5-3;/h3H,1-2H2;. The summed E-state index contributed by atoms with van der Waals surface area (Å²) >= 11 is 5.27. The van der Waals surface area contributed by atoms with Crippen LogP contribution in [0.1, 0.15) is 0 Å². The van der Waals surface area contributed by atoms with Crippen LogP contribution in [-0.2, 0) is 4.74 Å². The molecule has 1 saturated heterocycles. The first-order valence-corrected chi connectivity index (χ1v) is 2.14. The Morgan fingerprint density at radius 3 is 2.33 bits per heavy atom. The van der Waals surface area contributed by atoms with Crippen LogP contribution in [0.2, 0.25) is 0 Å². The van der Waals surface area contributed by atoms with Crippen molar-refractivity contribution in [2.45, 2.75) is 6.10 Å². The molecule has 0 aliphatic carbocycles. The molecule has 3 heteroatoms. The van der Waals surface area contributed by atoms with Crippen molar-refractivity contribution >= 4 is 49.3 Å². The Hall–Kier alpha value is 1.51. The third kappa shape index (κ3) is 2.64. The minimum absolute atomic E-state index is 0. The Morgan fingerprint density at radius 2 is 2.33 bits per heavy atom. The summed E-state index contributed by atoms with van der Waals surface area (Å²) in [6.45, 7) is 0.878. The first-order valence-electron chi connectivity index (χ1n) is 1.61. The fourth-order valence-corrected chi connectivity index (χ4v) is 0.335. The van der Waals surface area contributed by atoms with Crippen LogP contribution in [0.4, 0.5) is 0 Å². The van der Waals surface area contributed by atoms with Crippen molar-refractivity contribution in [2.24, 2.45) is 0 Å². The van der Waals surface area contributed by atoms with Crippen molar-refractivity contribution in [1.82, 2.24) is 0 Å². The molecule has 1 aliphatic heterocycles. The molecule has 1 fully saturated rings. The summed E-state index contributed by atoms with van der Waals surface area (Å²) in [5.41, 5.74) is 0. The molecule has 0 aromatic heterocycles. The maximum absolute atomic E-state index is 5.27. The molecule has 0 aromatic rings. The molecular formula is C3H5CaClO. The second-order valence-corrected chi connectivity index (χ2v) is 1.42. The van der Waals surface area contributed by atoms with Crippen LogP contribution in [0.3, 0.4) is 0 Å². The zero-order chi connectivity index (χ0) is 3.70. The predicted molar refractivity (Wildman–Crippen MR) is 26.2 cm³/mol. The largest absolute Gasteiger partial charge is 0.372 e. The molecule has 0 saturated carbocycles. The van der Waals surface area contributed by atoms with Crippen LogP contribution >= 0.6 is 11.6 Å². The van der Waals surface area contributed by atoms with Gasteiger partial charge < -0.3 is 4.74 Å². The Bertz CT molecular complexity index is 37.8. The molecule has 1 atom stereocenters. The van der Waals surface area contributed by atoms with Gasteiger partial charge in [-0.1, -0.05) is 0 Å². The normalized spacial score (nSPS) is 28.5. The quantitative estimate of drug-likeness (QED) is 0.283. The SMILES string of the molecule is ClCC1CO1.[Ca]. The summed E-state index contributed by atoms with van der Waals surface area (Å²) in [5.74, 6) is 0.667. The first kappa shape index (κ1) is 7.51. The fraction of sp³-hybridized carbons (Fsp3) is 1.00. The maximum atomic E-state index is 5.27. The average Bonchev–Trinajstić information content (AvgIpc) is 2.12. The number of hydrogen-bond donors (Lipinski definition) is 0. The van der Waals surface area contributed by atoms with Crippen LogP contribution in [0.5, 0.6) is 0 Å². The van der Waals surface area contributed by atoms with E-state index >= 15 is 0 Å². The molecule has 6 heavy (non-hydrogen) atoms. The summed E-state index contributed by atoms with van der Waals surface area (Å²) in [6, 6.07) is 0. The smallest absolute Gasteiger partial charge is 0.0944 e. The number of rotatable bonds is 1. The Labute approximate surface area is 72.0 Å². The number of hydrogen-bond acceptors (Lipinski definition) is 1. The van der Waals surface area contributed by atoms with Gasteiger partial charge in [-0.2, -0.15) is 0 Å². The van der Waals surface area contributed by atoms with E-state index in [0.29, 0.717) is 12.0 Å². The van der Waals surface area contributed by atoms with Gasteiger partial charge in [0, 0.05) is 37.7 Å². The number of epoxide rings is 1. The maximum Gasteiger partial charge on any atom is 0.0944 e. The zero-order valence-corrected chi connectivity index (χ0v) is 6.45. The fourth-order valence-electron chi connectivity index (χ4n) is 0.157. The molecular weight excluding hydrogens is 128 g/mol. The topological polar surface area (TPSA) is 12.5 Å². The summed E-state index contributed by atoms with van der Waals surface area (Å²) < 4.78 is 4.73. The number of ether oxygens (including phenoxy) is 1. The van der Waals surface area contributed by atoms with Crippen LogP contribution in [-0.4, -0.2) is 56.3 Å². The molecule has 0 N–H and O–H groups in total. The molecule has 1 heterocycles. The second kappa shape index (κ2) is 3.50. The summed E-state index contributed by atoms with van der Waals surface area (Å²) in [6.07, 6.45) is 0.400. The van der Waals surface area contributed by atoms with E-state index in [1.54, 1.807) is 0 Å². The molecule has 0 spiro atoms. The predicted octanol–water partition coefficient (Wildman–Crippen LogP) is 0.243. The van der Waals surface area contributed by atoms with E-state index < -0.39 is 0 Å². The molecule has 0 aromatic carbocycles. The van der Waals surface area contributed by atoms with Gasteiger partial charge in [-0.3, -0.25) is 0 Å². The summed E-state index contributed by atoms with van der Waals surface area (Å²) in [4.78, 5) is 0. The van der Waals surface area contributed by atoms with Crippen molar-refractivity contribution in [1.29, 1.82) is 0 Å². The van der Waals surface area contributed by atoms with Gasteiger partial charge in [-0.25, -0.2) is 0 Å². The molecule has 0 bridgehead atoms. The minimum Gasteiger partial charge on any atom is -0.372 e. The molecule has 1 unspecified atom stereocenters. The van der Waals surface area contributed by atoms with Crippen LogP contribution in [0, 0.1) is 0 Å². The van der Waals surface area contributed by atoms with E-state index in [0.717, 1.165) is 6.61 Å². The summed E-state index contributed by atoms with van der Waals surface area (Å²) in [5, 5.41) is 0. The Kier molecular flexibility index (Phi) is 4.39. The van der Waals surface area contributed by atoms with Gasteiger partial charge in [0.25, 0.3) is 0 Å². The van der Waals surface area contributed by atoms with Crippen molar-refractivity contribution in [3.05, 3.63) is 0 Å². The Morgan fingerprint density at radius 1 is 1.83 bits per heavy atom. The van der Waals surface area contributed by atoms with Crippen molar-refractivity contribution in [2.75, 3.05) is 12.5 Å².